The Morgan fingerprint density at radius 1 is 1.20 bits per heavy atom. The topological polar surface area (TPSA) is 64.0 Å². The molecule has 1 aromatic heterocycles. The average Bonchev–Trinajstić information content (AvgIpc) is 2.68. The van der Waals surface area contributed by atoms with Crippen molar-refractivity contribution in [3.05, 3.63) is 53.9 Å². The van der Waals surface area contributed by atoms with Crippen LogP contribution < -0.4 is 9.47 Å². The molecule has 0 unspecified atom stereocenters. The van der Waals surface area contributed by atoms with E-state index < -0.39 is 0 Å². The number of hydrogen-bond acceptors (Lipinski definition) is 6. The van der Waals surface area contributed by atoms with Gasteiger partial charge in [0.15, 0.2) is 11.5 Å². The fourth-order valence-electron chi connectivity index (χ4n) is 3.28. The van der Waals surface area contributed by atoms with Gasteiger partial charge in [-0.3, -0.25) is 9.88 Å². The monoisotopic (exact) mass is 344 g/mol. The first kappa shape index (κ1) is 17.7. The van der Waals surface area contributed by atoms with Gasteiger partial charge in [-0.15, -0.1) is 0 Å². The lowest BCUT2D eigenvalue weighted by molar-refractivity contribution is -0.0964. The van der Waals surface area contributed by atoms with Crippen LogP contribution in [0.15, 0.2) is 42.6 Å². The summed E-state index contributed by atoms with van der Waals surface area (Å²) in [5.74, 6) is 1.35. The molecule has 134 valence electrons. The van der Waals surface area contributed by atoms with Crippen molar-refractivity contribution in [3.8, 4) is 11.5 Å². The number of rotatable bonds is 6. The Kier molecular flexibility index (Phi) is 5.86. The summed E-state index contributed by atoms with van der Waals surface area (Å²) < 4.78 is 16.6. The summed E-state index contributed by atoms with van der Waals surface area (Å²) in [6, 6.07) is 11.6. The van der Waals surface area contributed by atoms with Crippen molar-refractivity contribution < 1.29 is 19.3 Å². The second kappa shape index (κ2) is 8.29. The van der Waals surface area contributed by atoms with E-state index in [9.17, 15) is 5.11 Å². The van der Waals surface area contributed by atoms with Gasteiger partial charge in [-0.05, 0) is 29.8 Å². The number of hydrogen-bond donors (Lipinski definition) is 1. The molecule has 6 nitrogen and oxygen atoms in total. The highest BCUT2D eigenvalue weighted by atomic mass is 16.5. The third-order valence-corrected chi connectivity index (χ3v) is 4.48. The molecular formula is C19H24N2O4. The van der Waals surface area contributed by atoms with Crippen LogP contribution in [0, 0.1) is 0 Å². The van der Waals surface area contributed by atoms with Gasteiger partial charge in [0.1, 0.15) is 6.10 Å². The van der Waals surface area contributed by atoms with Crippen LogP contribution in [0.25, 0.3) is 0 Å². The molecule has 1 N–H and O–H groups in total. The van der Waals surface area contributed by atoms with Crippen molar-refractivity contribution in [2.75, 3.05) is 34.0 Å². The first-order chi connectivity index (χ1) is 12.3. The zero-order valence-electron chi connectivity index (χ0n) is 14.6. The molecule has 6 heteroatoms. The second-order valence-corrected chi connectivity index (χ2v) is 5.94. The standard InChI is InChI=1S/C19H24N2O4/c1-23-16-7-6-14(11-17(16)24-2)19-18(13-22)25-10-9-21(19)12-15-5-3-4-8-20-15/h3-8,11,18-19,22H,9-10,12-13H2,1-2H3/t18-,19-/m1/s1. The smallest absolute Gasteiger partial charge is 0.161 e. The first-order valence-corrected chi connectivity index (χ1v) is 8.35. The van der Waals surface area contributed by atoms with E-state index in [2.05, 4.69) is 9.88 Å². The molecule has 0 radical (unpaired) electrons. The lowest BCUT2D eigenvalue weighted by Gasteiger charge is -2.40. The summed E-state index contributed by atoms with van der Waals surface area (Å²) in [5, 5.41) is 9.81. The minimum Gasteiger partial charge on any atom is -0.493 e. The van der Waals surface area contributed by atoms with Crippen LogP contribution in [0.4, 0.5) is 0 Å². The van der Waals surface area contributed by atoms with Gasteiger partial charge in [0, 0.05) is 19.3 Å². The second-order valence-electron chi connectivity index (χ2n) is 5.94. The SMILES string of the molecule is COc1ccc([C@@H]2[C@@H](CO)OCCN2Cc2ccccn2)cc1OC. The van der Waals surface area contributed by atoms with E-state index >= 15 is 0 Å². The van der Waals surface area contributed by atoms with Crippen molar-refractivity contribution >= 4 is 0 Å². The summed E-state index contributed by atoms with van der Waals surface area (Å²) >= 11 is 0. The highest BCUT2D eigenvalue weighted by Gasteiger charge is 2.34. The highest BCUT2D eigenvalue weighted by molar-refractivity contribution is 5.44. The Hall–Kier alpha value is -2.15. The number of nitrogens with zero attached hydrogens (tertiary/aromatic N) is 2. The zero-order chi connectivity index (χ0) is 17.6. The van der Waals surface area contributed by atoms with Crippen molar-refractivity contribution in [2.45, 2.75) is 18.7 Å². The molecule has 0 amide bonds. The fourth-order valence-corrected chi connectivity index (χ4v) is 3.28. The third kappa shape index (κ3) is 3.92. The number of pyridine rings is 1. The van der Waals surface area contributed by atoms with Crippen molar-refractivity contribution in [1.29, 1.82) is 0 Å². The quantitative estimate of drug-likeness (QED) is 0.865. The molecule has 0 saturated carbocycles. The lowest BCUT2D eigenvalue weighted by Crippen LogP contribution is -2.46. The molecule has 1 saturated heterocycles. The molecule has 1 fully saturated rings. The molecular weight excluding hydrogens is 320 g/mol. The molecule has 3 rings (SSSR count). The normalized spacial score (nSPS) is 21.1. The van der Waals surface area contributed by atoms with Gasteiger partial charge < -0.3 is 19.3 Å². The van der Waals surface area contributed by atoms with Gasteiger partial charge in [0.05, 0.1) is 39.2 Å². The van der Waals surface area contributed by atoms with E-state index in [1.165, 1.54) is 0 Å². The van der Waals surface area contributed by atoms with Crippen molar-refractivity contribution in [2.24, 2.45) is 0 Å². The zero-order valence-corrected chi connectivity index (χ0v) is 14.6. The van der Waals surface area contributed by atoms with Crippen LogP contribution in [0.1, 0.15) is 17.3 Å². The summed E-state index contributed by atoms with van der Waals surface area (Å²) in [6.45, 7) is 2.01. The summed E-state index contributed by atoms with van der Waals surface area (Å²) in [4.78, 5) is 6.71. The molecule has 2 aromatic rings. The Morgan fingerprint density at radius 2 is 2.04 bits per heavy atom. The van der Waals surface area contributed by atoms with E-state index in [0.717, 1.165) is 17.8 Å². The molecule has 1 aliphatic rings. The molecule has 0 bridgehead atoms. The van der Waals surface area contributed by atoms with Crippen LogP contribution in [-0.2, 0) is 11.3 Å². The highest BCUT2D eigenvalue weighted by Crippen LogP contribution is 2.36. The maximum Gasteiger partial charge on any atom is 0.161 e. The number of methoxy groups -OCH3 is 2. The number of aliphatic hydroxyl groups is 1. The Morgan fingerprint density at radius 3 is 2.72 bits per heavy atom. The molecule has 1 aromatic carbocycles. The van der Waals surface area contributed by atoms with Crippen molar-refractivity contribution in [1.82, 2.24) is 9.88 Å². The summed E-state index contributed by atoms with van der Waals surface area (Å²) in [6.07, 6.45) is 1.50. The average molecular weight is 344 g/mol. The first-order valence-electron chi connectivity index (χ1n) is 8.35. The largest absolute Gasteiger partial charge is 0.493 e. The van der Waals surface area contributed by atoms with Crippen LogP contribution >= 0.6 is 0 Å². The summed E-state index contributed by atoms with van der Waals surface area (Å²) in [7, 11) is 3.24. The maximum atomic E-state index is 9.81. The minimum absolute atomic E-state index is 0.0439. The fraction of sp³-hybridized carbons (Fsp3) is 0.421. The Labute approximate surface area is 148 Å². The van der Waals surface area contributed by atoms with Crippen LogP contribution in [0.5, 0.6) is 11.5 Å². The number of ether oxygens (including phenoxy) is 3. The van der Waals surface area contributed by atoms with Crippen LogP contribution in [0.3, 0.4) is 0 Å². The molecule has 25 heavy (non-hydrogen) atoms. The van der Waals surface area contributed by atoms with Gasteiger partial charge >= 0.3 is 0 Å². The van der Waals surface area contributed by atoms with Gasteiger partial charge in [-0.2, -0.15) is 0 Å². The third-order valence-electron chi connectivity index (χ3n) is 4.48. The predicted molar refractivity (Wildman–Crippen MR) is 93.8 cm³/mol. The Bertz CT molecular complexity index is 680. The molecule has 2 heterocycles. The van der Waals surface area contributed by atoms with Gasteiger partial charge in [0.2, 0.25) is 0 Å². The molecule has 1 aliphatic heterocycles. The van der Waals surface area contributed by atoms with E-state index in [1.54, 1.807) is 20.4 Å². The number of morpholine rings is 1. The predicted octanol–water partition coefficient (Wildman–Crippen LogP) is 2.03. The summed E-state index contributed by atoms with van der Waals surface area (Å²) in [5.41, 5.74) is 2.01. The maximum absolute atomic E-state index is 9.81. The minimum atomic E-state index is -0.296. The molecule has 0 aliphatic carbocycles. The van der Waals surface area contributed by atoms with Crippen molar-refractivity contribution in [3.63, 3.8) is 0 Å². The van der Waals surface area contributed by atoms with E-state index in [-0.39, 0.29) is 18.8 Å². The molecule has 2 atom stereocenters. The number of aliphatic hydroxyl groups excluding tert-OH is 1. The Balaban J connectivity index is 1.92. The number of benzene rings is 1. The van der Waals surface area contributed by atoms with E-state index in [1.807, 2.05) is 36.4 Å². The molecule has 0 spiro atoms. The van der Waals surface area contributed by atoms with E-state index in [0.29, 0.717) is 24.7 Å². The lowest BCUT2D eigenvalue weighted by atomic mass is 9.97. The van der Waals surface area contributed by atoms with Crippen LogP contribution in [-0.4, -0.2) is 55.1 Å². The van der Waals surface area contributed by atoms with E-state index in [4.69, 9.17) is 14.2 Å². The van der Waals surface area contributed by atoms with Crippen LogP contribution in [0.2, 0.25) is 0 Å². The van der Waals surface area contributed by atoms with Gasteiger partial charge in [0.25, 0.3) is 0 Å². The number of aromatic nitrogens is 1. The van der Waals surface area contributed by atoms with Gasteiger partial charge in [-0.25, -0.2) is 0 Å². The van der Waals surface area contributed by atoms with Gasteiger partial charge in [-0.1, -0.05) is 12.1 Å².